The number of hydrogen-bond acceptors (Lipinski definition) is 3. The molecule has 1 amide bonds. The number of benzene rings is 2. The van der Waals surface area contributed by atoms with Crippen LogP contribution >= 0.6 is 11.3 Å². The Morgan fingerprint density at radius 3 is 2.48 bits per heavy atom. The molecule has 1 atom stereocenters. The maximum Gasteiger partial charge on any atom is 0.256 e. The fourth-order valence-corrected chi connectivity index (χ4v) is 3.75. The highest BCUT2D eigenvalue weighted by molar-refractivity contribution is 7.15. The molecular formula is C18H13FN2OS. The van der Waals surface area contributed by atoms with Crippen LogP contribution in [0.25, 0.3) is 11.1 Å². The number of carbonyl (C=O) groups excluding carboxylic acids is 1. The van der Waals surface area contributed by atoms with Crippen molar-refractivity contribution in [3.05, 3.63) is 76.9 Å². The Balaban J connectivity index is 1.74. The summed E-state index contributed by atoms with van der Waals surface area (Å²) < 4.78 is 14.0. The predicted octanol–water partition coefficient (Wildman–Crippen LogP) is 4.41. The van der Waals surface area contributed by atoms with Crippen LogP contribution in [-0.2, 0) is 0 Å². The van der Waals surface area contributed by atoms with Gasteiger partial charge in [-0.3, -0.25) is 4.79 Å². The summed E-state index contributed by atoms with van der Waals surface area (Å²) in [6, 6.07) is 16.2. The van der Waals surface area contributed by atoms with E-state index in [0.717, 1.165) is 16.1 Å². The molecule has 0 saturated carbocycles. The smallest absolute Gasteiger partial charge is 0.256 e. The van der Waals surface area contributed by atoms with Gasteiger partial charge in [0.1, 0.15) is 17.0 Å². The first-order valence-electron chi connectivity index (χ1n) is 7.23. The predicted molar refractivity (Wildman–Crippen MR) is 90.0 cm³/mol. The van der Waals surface area contributed by atoms with Gasteiger partial charge in [-0.25, -0.2) is 4.39 Å². The zero-order valence-electron chi connectivity index (χ0n) is 12.0. The van der Waals surface area contributed by atoms with Gasteiger partial charge >= 0.3 is 0 Å². The highest BCUT2D eigenvalue weighted by Gasteiger charge is 2.30. The molecule has 0 spiro atoms. The molecule has 5 heteroatoms. The van der Waals surface area contributed by atoms with Crippen molar-refractivity contribution in [2.45, 2.75) is 6.17 Å². The minimum Gasteiger partial charge on any atom is -0.353 e. The maximum atomic E-state index is 14.0. The third-order valence-electron chi connectivity index (χ3n) is 3.87. The van der Waals surface area contributed by atoms with E-state index in [1.54, 1.807) is 18.2 Å². The van der Waals surface area contributed by atoms with Crippen LogP contribution in [0, 0.1) is 5.82 Å². The molecular weight excluding hydrogens is 311 g/mol. The second-order valence-corrected chi connectivity index (χ2v) is 6.17. The van der Waals surface area contributed by atoms with Crippen LogP contribution in [0.1, 0.15) is 22.1 Å². The van der Waals surface area contributed by atoms with Gasteiger partial charge in [-0.15, -0.1) is 11.3 Å². The number of fused-ring (bicyclic) bond motifs is 1. The molecule has 0 unspecified atom stereocenters. The molecule has 2 heterocycles. The minimum atomic E-state index is -0.557. The molecule has 3 aromatic rings. The molecule has 1 aliphatic rings. The number of thiophene rings is 1. The lowest BCUT2D eigenvalue weighted by atomic mass is 10.0. The fraction of sp³-hybridized carbons (Fsp3) is 0.0556. The van der Waals surface area contributed by atoms with Crippen LogP contribution in [0.5, 0.6) is 0 Å². The first kappa shape index (κ1) is 14.0. The second-order valence-electron chi connectivity index (χ2n) is 5.29. The van der Waals surface area contributed by atoms with E-state index in [1.807, 2.05) is 35.7 Å². The van der Waals surface area contributed by atoms with Gasteiger partial charge in [0.15, 0.2) is 0 Å². The molecule has 0 fully saturated rings. The van der Waals surface area contributed by atoms with Gasteiger partial charge in [0.05, 0.1) is 5.56 Å². The molecule has 4 rings (SSSR count). The van der Waals surface area contributed by atoms with Crippen LogP contribution in [0.3, 0.4) is 0 Å². The van der Waals surface area contributed by atoms with E-state index in [-0.39, 0.29) is 11.7 Å². The highest BCUT2D eigenvalue weighted by atomic mass is 32.1. The van der Waals surface area contributed by atoms with Gasteiger partial charge in [0.25, 0.3) is 5.91 Å². The molecule has 1 aromatic heterocycles. The number of anilines is 1. The van der Waals surface area contributed by atoms with Crippen molar-refractivity contribution in [2.24, 2.45) is 0 Å². The van der Waals surface area contributed by atoms with Crippen LogP contribution < -0.4 is 10.6 Å². The van der Waals surface area contributed by atoms with Crippen LogP contribution in [0.4, 0.5) is 9.39 Å². The summed E-state index contributed by atoms with van der Waals surface area (Å²) in [5, 5.41) is 8.78. The van der Waals surface area contributed by atoms with E-state index < -0.39 is 6.17 Å². The van der Waals surface area contributed by atoms with Crippen molar-refractivity contribution < 1.29 is 9.18 Å². The molecule has 3 nitrogen and oxygen atoms in total. The average molecular weight is 324 g/mol. The van der Waals surface area contributed by atoms with Crippen molar-refractivity contribution in [1.29, 1.82) is 0 Å². The molecule has 0 bridgehead atoms. The van der Waals surface area contributed by atoms with Crippen LogP contribution in [0.2, 0.25) is 0 Å². The summed E-state index contributed by atoms with van der Waals surface area (Å²) in [5.74, 6) is -0.527. The summed E-state index contributed by atoms with van der Waals surface area (Å²) in [6.45, 7) is 0. The Kier molecular flexibility index (Phi) is 3.35. The summed E-state index contributed by atoms with van der Waals surface area (Å²) in [5.41, 5.74) is 2.93. The molecule has 2 aromatic carbocycles. The number of carbonyl (C=O) groups is 1. The Morgan fingerprint density at radius 2 is 1.70 bits per heavy atom. The van der Waals surface area contributed by atoms with Gasteiger partial charge in [-0.2, -0.15) is 0 Å². The molecule has 0 saturated heterocycles. The number of hydrogen-bond donors (Lipinski definition) is 2. The van der Waals surface area contributed by atoms with E-state index >= 15 is 0 Å². The lowest BCUT2D eigenvalue weighted by Crippen LogP contribution is -2.38. The zero-order valence-corrected chi connectivity index (χ0v) is 12.9. The quantitative estimate of drug-likeness (QED) is 0.733. The minimum absolute atomic E-state index is 0.188. The molecule has 1 aliphatic heterocycles. The van der Waals surface area contributed by atoms with Gasteiger partial charge < -0.3 is 10.6 Å². The van der Waals surface area contributed by atoms with E-state index in [4.69, 9.17) is 0 Å². The Hall–Kier alpha value is -2.66. The Bertz CT molecular complexity index is 876. The van der Waals surface area contributed by atoms with Gasteiger partial charge in [0, 0.05) is 16.5 Å². The van der Waals surface area contributed by atoms with Crippen molar-refractivity contribution in [3.63, 3.8) is 0 Å². The second kappa shape index (κ2) is 5.52. The van der Waals surface area contributed by atoms with Crippen LogP contribution in [0.15, 0.2) is 60.0 Å². The van der Waals surface area contributed by atoms with Crippen molar-refractivity contribution >= 4 is 22.2 Å². The molecule has 114 valence electrons. The maximum absolute atomic E-state index is 14.0. The molecule has 23 heavy (non-hydrogen) atoms. The first-order valence-corrected chi connectivity index (χ1v) is 8.11. The third kappa shape index (κ3) is 2.39. The van der Waals surface area contributed by atoms with Gasteiger partial charge in [-0.05, 0) is 11.6 Å². The van der Waals surface area contributed by atoms with E-state index in [0.29, 0.717) is 11.1 Å². The van der Waals surface area contributed by atoms with E-state index in [9.17, 15) is 9.18 Å². The molecule has 0 aliphatic carbocycles. The largest absolute Gasteiger partial charge is 0.353 e. The SMILES string of the molecule is O=C1N[C@H](c2ccccc2F)Nc2scc(-c3ccccc3)c21. The Morgan fingerprint density at radius 1 is 0.957 bits per heavy atom. The summed E-state index contributed by atoms with van der Waals surface area (Å²) in [6.07, 6.45) is -0.557. The zero-order chi connectivity index (χ0) is 15.8. The van der Waals surface area contributed by atoms with Gasteiger partial charge in [0.2, 0.25) is 0 Å². The lowest BCUT2D eigenvalue weighted by molar-refractivity contribution is 0.0936. The summed E-state index contributed by atoms with van der Waals surface area (Å²) in [4.78, 5) is 12.6. The van der Waals surface area contributed by atoms with Crippen molar-refractivity contribution in [2.75, 3.05) is 5.32 Å². The molecule has 2 N–H and O–H groups in total. The molecule has 0 radical (unpaired) electrons. The third-order valence-corrected chi connectivity index (χ3v) is 4.78. The number of halogens is 1. The lowest BCUT2D eigenvalue weighted by Gasteiger charge is -2.26. The Labute approximate surface area is 136 Å². The average Bonchev–Trinajstić information content (AvgIpc) is 3.00. The standard InChI is InChI=1S/C18H13FN2OS/c19-14-9-5-4-8-12(14)16-20-17(22)15-13(10-23-18(15)21-16)11-6-2-1-3-7-11/h1-10,16,21H,(H,20,22)/t16-/m0/s1. The van der Waals surface area contributed by atoms with Crippen molar-refractivity contribution in [1.82, 2.24) is 5.32 Å². The van der Waals surface area contributed by atoms with Crippen molar-refractivity contribution in [3.8, 4) is 11.1 Å². The highest BCUT2D eigenvalue weighted by Crippen LogP contribution is 2.39. The summed E-state index contributed by atoms with van der Waals surface area (Å²) in [7, 11) is 0. The van der Waals surface area contributed by atoms with E-state index in [2.05, 4.69) is 10.6 Å². The van der Waals surface area contributed by atoms with E-state index in [1.165, 1.54) is 17.4 Å². The number of nitrogens with one attached hydrogen (secondary N) is 2. The number of amides is 1. The topological polar surface area (TPSA) is 41.1 Å². The first-order chi connectivity index (χ1) is 11.2. The van der Waals surface area contributed by atoms with Gasteiger partial charge in [-0.1, -0.05) is 48.5 Å². The monoisotopic (exact) mass is 324 g/mol. The summed E-state index contributed by atoms with van der Waals surface area (Å²) >= 11 is 1.46. The fourth-order valence-electron chi connectivity index (χ4n) is 2.75. The normalized spacial score (nSPS) is 16.4. The van der Waals surface area contributed by atoms with Crippen LogP contribution in [-0.4, -0.2) is 5.91 Å². The number of rotatable bonds is 2.